The molecule has 0 aliphatic carbocycles. The second-order valence-electron chi connectivity index (χ2n) is 4.90. The Kier molecular flexibility index (Phi) is 8.55. The summed E-state index contributed by atoms with van der Waals surface area (Å²) >= 11 is 0. The largest absolute Gasteiger partial charge is 0.490 e. The van der Waals surface area contributed by atoms with E-state index >= 15 is 0 Å². The third-order valence-electron chi connectivity index (χ3n) is 2.93. The number of benzene rings is 1. The monoisotopic (exact) mass is 293 g/mol. The predicted octanol–water partition coefficient (Wildman–Crippen LogP) is 3.17. The van der Waals surface area contributed by atoms with Gasteiger partial charge in [0, 0.05) is 32.2 Å². The highest BCUT2D eigenvalue weighted by Crippen LogP contribution is 2.31. The lowest BCUT2D eigenvalue weighted by Crippen LogP contribution is -2.19. The molecule has 0 radical (unpaired) electrons. The van der Waals surface area contributed by atoms with Gasteiger partial charge >= 0.3 is 0 Å². The van der Waals surface area contributed by atoms with Crippen molar-refractivity contribution in [3.8, 4) is 11.5 Å². The van der Waals surface area contributed by atoms with Crippen molar-refractivity contribution in [3.05, 3.63) is 35.9 Å². The Morgan fingerprint density at radius 3 is 2.71 bits per heavy atom. The molecule has 0 heterocycles. The number of hydrogen-bond acceptors (Lipinski definition) is 4. The zero-order chi connectivity index (χ0) is 15.5. The highest BCUT2D eigenvalue weighted by molar-refractivity contribution is 5.46. The Morgan fingerprint density at radius 2 is 2.05 bits per heavy atom. The van der Waals surface area contributed by atoms with Crippen molar-refractivity contribution in [3.63, 3.8) is 0 Å². The highest BCUT2D eigenvalue weighted by Gasteiger charge is 2.10. The fourth-order valence-corrected chi connectivity index (χ4v) is 1.86. The maximum Gasteiger partial charge on any atom is 0.165 e. The van der Waals surface area contributed by atoms with Crippen molar-refractivity contribution in [1.29, 1.82) is 0 Å². The van der Waals surface area contributed by atoms with E-state index in [0.29, 0.717) is 19.8 Å². The highest BCUT2D eigenvalue weighted by atomic mass is 16.5. The number of para-hydroxylation sites is 1. The SMILES string of the molecule is C=C(C)CCOc1c(CNCCOC)cccc1OCC. The van der Waals surface area contributed by atoms with E-state index in [9.17, 15) is 0 Å². The Balaban J connectivity index is 2.73. The molecular formula is C17H27NO3. The topological polar surface area (TPSA) is 39.7 Å². The van der Waals surface area contributed by atoms with Gasteiger partial charge in [-0.25, -0.2) is 0 Å². The van der Waals surface area contributed by atoms with Crippen molar-refractivity contribution in [2.24, 2.45) is 0 Å². The molecule has 0 aromatic heterocycles. The first-order valence-electron chi connectivity index (χ1n) is 7.40. The standard InChI is InChI=1S/C17H27NO3/c1-5-20-16-8-6-7-15(13-18-10-12-19-4)17(16)21-11-9-14(2)3/h6-8,18H,2,5,9-13H2,1,3-4H3. The van der Waals surface area contributed by atoms with Crippen LogP contribution in [0.25, 0.3) is 0 Å². The fourth-order valence-electron chi connectivity index (χ4n) is 1.86. The van der Waals surface area contributed by atoms with Crippen LogP contribution < -0.4 is 14.8 Å². The molecule has 0 saturated heterocycles. The molecule has 0 saturated carbocycles. The Bertz CT molecular complexity index is 432. The molecule has 1 rings (SSSR count). The van der Waals surface area contributed by atoms with E-state index in [0.717, 1.165) is 42.1 Å². The maximum atomic E-state index is 5.93. The number of rotatable bonds is 11. The summed E-state index contributed by atoms with van der Waals surface area (Å²) in [7, 11) is 1.70. The van der Waals surface area contributed by atoms with Crippen LogP contribution in [0.4, 0.5) is 0 Å². The van der Waals surface area contributed by atoms with Gasteiger partial charge in [-0.15, -0.1) is 6.58 Å². The normalized spacial score (nSPS) is 10.4. The Hall–Kier alpha value is -1.52. The molecule has 0 amide bonds. The van der Waals surface area contributed by atoms with Gasteiger partial charge in [-0.05, 0) is 19.9 Å². The first kappa shape index (κ1) is 17.5. The van der Waals surface area contributed by atoms with Gasteiger partial charge in [0.25, 0.3) is 0 Å². The van der Waals surface area contributed by atoms with E-state index in [4.69, 9.17) is 14.2 Å². The number of methoxy groups -OCH3 is 1. The average Bonchev–Trinajstić information content (AvgIpc) is 2.46. The molecular weight excluding hydrogens is 266 g/mol. The molecule has 4 heteroatoms. The van der Waals surface area contributed by atoms with Crippen LogP contribution in [0.15, 0.2) is 30.4 Å². The molecule has 21 heavy (non-hydrogen) atoms. The van der Waals surface area contributed by atoms with Crippen LogP contribution in [-0.2, 0) is 11.3 Å². The number of nitrogens with one attached hydrogen (secondary N) is 1. The summed E-state index contributed by atoms with van der Waals surface area (Å²) in [6.07, 6.45) is 0.844. The zero-order valence-electron chi connectivity index (χ0n) is 13.4. The zero-order valence-corrected chi connectivity index (χ0v) is 13.4. The molecule has 118 valence electrons. The van der Waals surface area contributed by atoms with Crippen LogP contribution >= 0.6 is 0 Å². The molecule has 1 aromatic rings. The number of hydrogen-bond donors (Lipinski definition) is 1. The predicted molar refractivity (Wildman–Crippen MR) is 86.1 cm³/mol. The summed E-state index contributed by atoms with van der Waals surface area (Å²) < 4.78 is 16.6. The first-order valence-corrected chi connectivity index (χ1v) is 7.40. The second kappa shape index (κ2) is 10.2. The third kappa shape index (κ3) is 6.65. The quantitative estimate of drug-likeness (QED) is 0.502. The Morgan fingerprint density at radius 1 is 1.24 bits per heavy atom. The Labute approximate surface area is 128 Å². The lowest BCUT2D eigenvalue weighted by molar-refractivity contribution is 0.199. The second-order valence-corrected chi connectivity index (χ2v) is 4.90. The van der Waals surface area contributed by atoms with Crippen molar-refractivity contribution < 1.29 is 14.2 Å². The first-order chi connectivity index (χ1) is 10.2. The van der Waals surface area contributed by atoms with Crippen molar-refractivity contribution in [1.82, 2.24) is 5.32 Å². The van der Waals surface area contributed by atoms with Crippen LogP contribution in [0.2, 0.25) is 0 Å². The lowest BCUT2D eigenvalue weighted by Gasteiger charge is -2.16. The molecule has 0 unspecified atom stereocenters. The molecule has 1 aromatic carbocycles. The maximum absolute atomic E-state index is 5.93. The van der Waals surface area contributed by atoms with E-state index in [1.54, 1.807) is 7.11 Å². The minimum Gasteiger partial charge on any atom is -0.490 e. The van der Waals surface area contributed by atoms with Gasteiger partial charge in [-0.2, -0.15) is 0 Å². The minimum atomic E-state index is 0.616. The summed E-state index contributed by atoms with van der Waals surface area (Å²) in [5.41, 5.74) is 2.21. The van der Waals surface area contributed by atoms with Crippen LogP contribution in [0, 0.1) is 0 Å². The molecule has 0 fully saturated rings. The van der Waals surface area contributed by atoms with Gasteiger partial charge in [0.1, 0.15) is 0 Å². The van der Waals surface area contributed by atoms with Gasteiger partial charge in [0.05, 0.1) is 19.8 Å². The summed E-state index contributed by atoms with van der Waals surface area (Å²) in [4.78, 5) is 0. The molecule has 0 spiro atoms. The van der Waals surface area contributed by atoms with E-state index < -0.39 is 0 Å². The van der Waals surface area contributed by atoms with Crippen LogP contribution in [0.1, 0.15) is 25.8 Å². The fraction of sp³-hybridized carbons (Fsp3) is 0.529. The average molecular weight is 293 g/mol. The van der Waals surface area contributed by atoms with Crippen LogP contribution in [-0.4, -0.2) is 33.5 Å². The van der Waals surface area contributed by atoms with Gasteiger partial charge in [-0.3, -0.25) is 0 Å². The lowest BCUT2D eigenvalue weighted by atomic mass is 10.1. The summed E-state index contributed by atoms with van der Waals surface area (Å²) in [5, 5.41) is 3.33. The van der Waals surface area contributed by atoms with Crippen LogP contribution in [0.3, 0.4) is 0 Å². The molecule has 0 bridgehead atoms. The van der Waals surface area contributed by atoms with Crippen molar-refractivity contribution >= 4 is 0 Å². The molecule has 0 atom stereocenters. The summed E-state index contributed by atoms with van der Waals surface area (Å²) in [5.74, 6) is 1.62. The van der Waals surface area contributed by atoms with Crippen molar-refractivity contribution in [2.75, 3.05) is 33.5 Å². The van der Waals surface area contributed by atoms with E-state index in [-0.39, 0.29) is 0 Å². The summed E-state index contributed by atoms with van der Waals surface area (Å²) in [6, 6.07) is 5.99. The van der Waals surface area contributed by atoms with Gasteiger partial charge < -0.3 is 19.5 Å². The van der Waals surface area contributed by atoms with E-state index in [2.05, 4.69) is 18.0 Å². The molecule has 0 aliphatic rings. The molecule has 0 aliphatic heterocycles. The van der Waals surface area contributed by atoms with E-state index in [1.807, 2.05) is 26.0 Å². The minimum absolute atomic E-state index is 0.616. The smallest absolute Gasteiger partial charge is 0.165 e. The molecule has 1 N–H and O–H groups in total. The molecule has 4 nitrogen and oxygen atoms in total. The van der Waals surface area contributed by atoms with Crippen molar-refractivity contribution in [2.45, 2.75) is 26.8 Å². The number of ether oxygens (including phenoxy) is 3. The summed E-state index contributed by atoms with van der Waals surface area (Å²) in [6.45, 7) is 11.3. The third-order valence-corrected chi connectivity index (χ3v) is 2.93. The van der Waals surface area contributed by atoms with Crippen LogP contribution in [0.5, 0.6) is 11.5 Å². The van der Waals surface area contributed by atoms with E-state index in [1.165, 1.54) is 0 Å². The van der Waals surface area contributed by atoms with Gasteiger partial charge in [0.15, 0.2) is 11.5 Å². The van der Waals surface area contributed by atoms with Gasteiger partial charge in [-0.1, -0.05) is 17.7 Å². The van der Waals surface area contributed by atoms with Gasteiger partial charge in [0.2, 0.25) is 0 Å².